The van der Waals surface area contributed by atoms with Crippen molar-refractivity contribution in [3.8, 4) is 0 Å². The van der Waals surface area contributed by atoms with Gasteiger partial charge in [-0.1, -0.05) is 17.7 Å². The number of hydrogen-bond donors (Lipinski definition) is 1. The van der Waals surface area contributed by atoms with E-state index in [2.05, 4.69) is 5.32 Å². The Bertz CT molecular complexity index is 459. The molecule has 1 aromatic rings. The molecule has 1 fully saturated rings. The summed E-state index contributed by atoms with van der Waals surface area (Å²) in [5.41, 5.74) is 1.47. The number of carbonyl (C=O) groups is 1. The number of benzene rings is 1. The van der Waals surface area contributed by atoms with Gasteiger partial charge in [-0.15, -0.1) is 0 Å². The van der Waals surface area contributed by atoms with Crippen LogP contribution >= 0.6 is 11.6 Å². The Hall–Kier alpha value is -1.10. The fourth-order valence-electron chi connectivity index (χ4n) is 2.17. The predicted molar refractivity (Wildman–Crippen MR) is 75.8 cm³/mol. The lowest BCUT2D eigenvalue weighted by Crippen LogP contribution is -2.45. The molecule has 0 radical (unpaired) electrons. The summed E-state index contributed by atoms with van der Waals surface area (Å²) in [6, 6.07) is 5.40. The zero-order valence-electron chi connectivity index (χ0n) is 11.3. The van der Waals surface area contributed by atoms with Gasteiger partial charge in [0.25, 0.3) is 5.91 Å². The van der Waals surface area contributed by atoms with Crippen LogP contribution in [0.3, 0.4) is 0 Å². The standard InChI is InChI=1S/C14H19ClN2O2/c1-10-12(4-3-5-13(10)15)14(18)17(2)9-11-8-16-6-7-19-11/h3-5,11,16H,6-9H2,1-2H3. The Morgan fingerprint density at radius 1 is 1.58 bits per heavy atom. The molecular formula is C14H19ClN2O2. The van der Waals surface area contributed by atoms with Crippen LogP contribution in [0.4, 0.5) is 0 Å². The lowest BCUT2D eigenvalue weighted by atomic mass is 10.1. The molecule has 104 valence electrons. The molecule has 1 saturated heterocycles. The molecule has 1 aromatic carbocycles. The minimum atomic E-state index is -0.0193. The number of rotatable bonds is 3. The number of carbonyl (C=O) groups excluding carboxylic acids is 1. The molecule has 1 atom stereocenters. The van der Waals surface area contributed by atoms with Crippen molar-refractivity contribution >= 4 is 17.5 Å². The first-order valence-corrected chi connectivity index (χ1v) is 6.80. The van der Waals surface area contributed by atoms with Gasteiger partial charge >= 0.3 is 0 Å². The van der Waals surface area contributed by atoms with Gasteiger partial charge in [-0.25, -0.2) is 0 Å². The van der Waals surface area contributed by atoms with Crippen molar-refractivity contribution in [1.29, 1.82) is 0 Å². The summed E-state index contributed by atoms with van der Waals surface area (Å²) in [5.74, 6) is -0.0193. The molecule has 1 heterocycles. The maximum atomic E-state index is 12.4. The lowest BCUT2D eigenvalue weighted by molar-refractivity contribution is 0.0103. The number of ether oxygens (including phenoxy) is 1. The SMILES string of the molecule is Cc1c(Cl)cccc1C(=O)N(C)CC1CNCCO1. The van der Waals surface area contributed by atoms with Crippen LogP contribution in [0.2, 0.25) is 5.02 Å². The maximum absolute atomic E-state index is 12.4. The van der Waals surface area contributed by atoms with Gasteiger partial charge in [0, 0.05) is 37.3 Å². The molecule has 19 heavy (non-hydrogen) atoms. The molecule has 0 aliphatic carbocycles. The molecule has 0 saturated carbocycles. The van der Waals surface area contributed by atoms with Gasteiger partial charge in [0.2, 0.25) is 0 Å². The third-order valence-corrected chi connectivity index (χ3v) is 3.74. The highest BCUT2D eigenvalue weighted by atomic mass is 35.5. The van der Waals surface area contributed by atoms with E-state index in [4.69, 9.17) is 16.3 Å². The summed E-state index contributed by atoms with van der Waals surface area (Å²) in [6.45, 7) is 4.80. The molecule has 1 amide bonds. The lowest BCUT2D eigenvalue weighted by Gasteiger charge is -2.28. The molecule has 1 aliphatic rings. The maximum Gasteiger partial charge on any atom is 0.254 e. The average molecular weight is 283 g/mol. The second-order valence-electron chi connectivity index (χ2n) is 4.79. The van der Waals surface area contributed by atoms with Crippen molar-refractivity contribution in [3.63, 3.8) is 0 Å². The summed E-state index contributed by atoms with van der Waals surface area (Å²) in [7, 11) is 1.79. The van der Waals surface area contributed by atoms with E-state index in [1.807, 2.05) is 6.92 Å². The fraction of sp³-hybridized carbons (Fsp3) is 0.500. The van der Waals surface area contributed by atoms with Crippen LogP contribution < -0.4 is 5.32 Å². The Morgan fingerprint density at radius 3 is 3.05 bits per heavy atom. The van der Waals surface area contributed by atoms with Gasteiger partial charge in [0.15, 0.2) is 0 Å². The monoisotopic (exact) mass is 282 g/mol. The van der Waals surface area contributed by atoms with Gasteiger partial charge in [-0.2, -0.15) is 0 Å². The van der Waals surface area contributed by atoms with E-state index >= 15 is 0 Å². The van der Waals surface area contributed by atoms with E-state index in [1.165, 1.54) is 0 Å². The number of morpholine rings is 1. The van der Waals surface area contributed by atoms with E-state index in [-0.39, 0.29) is 12.0 Å². The zero-order valence-corrected chi connectivity index (χ0v) is 12.0. The highest BCUT2D eigenvalue weighted by molar-refractivity contribution is 6.31. The summed E-state index contributed by atoms with van der Waals surface area (Å²) < 4.78 is 5.61. The Morgan fingerprint density at radius 2 is 2.37 bits per heavy atom. The highest BCUT2D eigenvalue weighted by Crippen LogP contribution is 2.20. The van der Waals surface area contributed by atoms with Crippen LogP contribution in [0, 0.1) is 6.92 Å². The largest absolute Gasteiger partial charge is 0.374 e. The van der Waals surface area contributed by atoms with Crippen molar-refractivity contribution in [2.45, 2.75) is 13.0 Å². The summed E-state index contributed by atoms with van der Waals surface area (Å²) in [4.78, 5) is 14.1. The van der Waals surface area contributed by atoms with Crippen LogP contribution in [0.1, 0.15) is 15.9 Å². The normalized spacial score (nSPS) is 19.2. The van der Waals surface area contributed by atoms with Gasteiger partial charge in [-0.3, -0.25) is 4.79 Å². The highest BCUT2D eigenvalue weighted by Gasteiger charge is 2.20. The quantitative estimate of drug-likeness (QED) is 0.918. The van der Waals surface area contributed by atoms with E-state index in [0.717, 1.165) is 18.7 Å². The average Bonchev–Trinajstić information content (AvgIpc) is 2.42. The molecule has 1 unspecified atom stereocenters. The number of likely N-dealkylation sites (N-methyl/N-ethyl adjacent to an activating group) is 1. The van der Waals surface area contributed by atoms with Crippen LogP contribution in [0.5, 0.6) is 0 Å². The topological polar surface area (TPSA) is 41.6 Å². The number of amides is 1. The van der Waals surface area contributed by atoms with E-state index in [0.29, 0.717) is 23.7 Å². The molecule has 1 N–H and O–H groups in total. The van der Waals surface area contributed by atoms with Crippen molar-refractivity contribution in [3.05, 3.63) is 34.3 Å². The predicted octanol–water partition coefficient (Wildman–Crippen LogP) is 1.71. The first kappa shape index (κ1) is 14.3. The Labute approximate surface area is 118 Å². The minimum absolute atomic E-state index is 0.0193. The summed E-state index contributed by atoms with van der Waals surface area (Å²) in [6.07, 6.45) is 0.0576. The van der Waals surface area contributed by atoms with E-state index < -0.39 is 0 Å². The third-order valence-electron chi connectivity index (χ3n) is 3.33. The second-order valence-corrected chi connectivity index (χ2v) is 5.20. The molecule has 0 bridgehead atoms. The van der Waals surface area contributed by atoms with Crippen molar-refractivity contribution in [2.24, 2.45) is 0 Å². The molecule has 2 rings (SSSR count). The fourth-order valence-corrected chi connectivity index (χ4v) is 2.34. The third kappa shape index (κ3) is 3.47. The van der Waals surface area contributed by atoms with E-state index in [1.54, 1.807) is 30.1 Å². The van der Waals surface area contributed by atoms with Crippen molar-refractivity contribution in [1.82, 2.24) is 10.2 Å². The van der Waals surface area contributed by atoms with Gasteiger partial charge in [0.05, 0.1) is 12.7 Å². The summed E-state index contributed by atoms with van der Waals surface area (Å²) >= 11 is 6.05. The second kappa shape index (κ2) is 6.37. The Balaban J connectivity index is 2.03. The molecule has 5 heteroatoms. The molecular weight excluding hydrogens is 264 g/mol. The molecule has 0 aromatic heterocycles. The Kier molecular flexibility index (Phi) is 4.80. The van der Waals surface area contributed by atoms with Crippen LogP contribution in [0.15, 0.2) is 18.2 Å². The number of nitrogens with zero attached hydrogens (tertiary/aromatic N) is 1. The number of halogens is 1. The van der Waals surface area contributed by atoms with Gasteiger partial charge in [0.1, 0.15) is 0 Å². The zero-order chi connectivity index (χ0) is 13.8. The van der Waals surface area contributed by atoms with Crippen molar-refractivity contribution in [2.75, 3.05) is 33.3 Å². The number of hydrogen-bond acceptors (Lipinski definition) is 3. The first-order valence-electron chi connectivity index (χ1n) is 6.42. The van der Waals surface area contributed by atoms with Crippen LogP contribution in [-0.4, -0.2) is 50.2 Å². The van der Waals surface area contributed by atoms with Gasteiger partial charge in [-0.05, 0) is 24.6 Å². The molecule has 1 aliphatic heterocycles. The van der Waals surface area contributed by atoms with Crippen molar-refractivity contribution < 1.29 is 9.53 Å². The first-order chi connectivity index (χ1) is 9.09. The van der Waals surface area contributed by atoms with Crippen LogP contribution in [-0.2, 0) is 4.74 Å². The van der Waals surface area contributed by atoms with Gasteiger partial charge < -0.3 is 15.0 Å². The molecule has 0 spiro atoms. The number of nitrogens with one attached hydrogen (secondary N) is 1. The summed E-state index contributed by atoms with van der Waals surface area (Å²) in [5, 5.41) is 3.88. The minimum Gasteiger partial charge on any atom is -0.374 e. The smallest absolute Gasteiger partial charge is 0.254 e. The van der Waals surface area contributed by atoms with Crippen LogP contribution in [0.25, 0.3) is 0 Å². The molecule has 4 nitrogen and oxygen atoms in total. The van der Waals surface area contributed by atoms with E-state index in [9.17, 15) is 4.79 Å².